The molecule has 1 fully saturated rings. The fourth-order valence-corrected chi connectivity index (χ4v) is 6.57. The van der Waals surface area contributed by atoms with Gasteiger partial charge < -0.3 is 25.5 Å². The number of ether oxygens (including phenoxy) is 1. The van der Waals surface area contributed by atoms with Crippen molar-refractivity contribution in [2.45, 2.75) is 71.1 Å². The number of unbranched alkanes of at least 4 members (excludes halogenated alkanes) is 1. The molecular formula is C37H42Cl2N4O4. The number of carbonyl (C=O) groups is 2. The highest BCUT2D eigenvalue weighted by molar-refractivity contribution is 6.36. The SMILES string of the molecule is CCCCn1cc(-c2ccc(Cl)cc2Cl)nc1[C@H](Cc1ccc(OCc2ccc(C(=O)O)cc2)cc1)NC(=O)C1CCC(CN)CC1. The van der Waals surface area contributed by atoms with E-state index in [0.717, 1.165) is 73.3 Å². The summed E-state index contributed by atoms with van der Waals surface area (Å²) in [7, 11) is 0. The van der Waals surface area contributed by atoms with Crippen molar-refractivity contribution in [1.29, 1.82) is 0 Å². The molecule has 1 aliphatic rings. The molecule has 0 unspecified atom stereocenters. The summed E-state index contributed by atoms with van der Waals surface area (Å²) in [4.78, 5) is 29.9. The van der Waals surface area contributed by atoms with Crippen LogP contribution in [0.25, 0.3) is 11.3 Å². The van der Waals surface area contributed by atoms with E-state index in [1.807, 2.05) is 36.5 Å². The minimum atomic E-state index is -0.959. The van der Waals surface area contributed by atoms with Crippen molar-refractivity contribution in [3.8, 4) is 17.0 Å². The summed E-state index contributed by atoms with van der Waals surface area (Å²) in [6.07, 6.45) is 8.14. The van der Waals surface area contributed by atoms with Gasteiger partial charge in [0, 0.05) is 29.2 Å². The van der Waals surface area contributed by atoms with Crippen LogP contribution in [-0.4, -0.2) is 33.1 Å². The fraction of sp³-hybridized carbons (Fsp3) is 0.378. The molecule has 5 rings (SSSR count). The lowest BCUT2D eigenvalue weighted by Gasteiger charge is -2.29. The van der Waals surface area contributed by atoms with Gasteiger partial charge in [-0.15, -0.1) is 0 Å². The lowest BCUT2D eigenvalue weighted by atomic mass is 9.81. The summed E-state index contributed by atoms with van der Waals surface area (Å²) in [6, 6.07) is 19.5. The van der Waals surface area contributed by atoms with Gasteiger partial charge in [-0.05, 0) is 105 Å². The summed E-state index contributed by atoms with van der Waals surface area (Å²) in [5, 5.41) is 13.6. The first-order valence-corrected chi connectivity index (χ1v) is 17.1. The molecule has 0 saturated heterocycles. The number of imidazole rings is 1. The second kappa shape index (κ2) is 16.3. The van der Waals surface area contributed by atoms with E-state index in [9.17, 15) is 9.59 Å². The van der Waals surface area contributed by atoms with Crippen molar-refractivity contribution < 1.29 is 19.4 Å². The molecule has 4 aromatic rings. The average molecular weight is 678 g/mol. The maximum absolute atomic E-state index is 13.7. The van der Waals surface area contributed by atoms with Crippen LogP contribution in [0.15, 0.2) is 72.9 Å². The number of nitrogens with one attached hydrogen (secondary N) is 1. The molecule has 248 valence electrons. The maximum Gasteiger partial charge on any atom is 0.335 e. The standard InChI is InChI=1S/C37H42Cl2N4O4/c1-2-3-18-43-22-34(31-17-14-29(38)20-32(31)39)41-35(43)33(42-36(44)27-10-4-25(21-40)5-11-27)19-24-8-15-30(16-9-24)47-23-26-6-12-28(13-7-26)37(45)46/h6-9,12-17,20,22,25,27,33H,2-5,10-11,18-19,21,23,40H2,1H3,(H,42,44)(H,45,46)/t25?,27?,33-/m0/s1. The molecular weight excluding hydrogens is 635 g/mol. The number of carbonyl (C=O) groups excluding carboxylic acids is 1. The topological polar surface area (TPSA) is 119 Å². The molecule has 1 atom stereocenters. The number of amides is 1. The molecule has 0 aliphatic heterocycles. The molecule has 8 nitrogen and oxygen atoms in total. The van der Waals surface area contributed by atoms with E-state index in [4.69, 9.17) is 43.8 Å². The molecule has 10 heteroatoms. The molecule has 1 aromatic heterocycles. The van der Waals surface area contributed by atoms with E-state index < -0.39 is 5.97 Å². The number of benzene rings is 3. The first-order valence-electron chi connectivity index (χ1n) is 16.3. The Morgan fingerprint density at radius 3 is 2.36 bits per heavy atom. The van der Waals surface area contributed by atoms with E-state index in [-0.39, 0.29) is 23.4 Å². The van der Waals surface area contributed by atoms with Gasteiger partial charge in [-0.25, -0.2) is 9.78 Å². The zero-order chi connectivity index (χ0) is 33.3. The van der Waals surface area contributed by atoms with Gasteiger partial charge in [0.25, 0.3) is 0 Å². The summed E-state index contributed by atoms with van der Waals surface area (Å²) in [6.45, 7) is 3.89. The third kappa shape index (κ3) is 9.15. The van der Waals surface area contributed by atoms with Crippen LogP contribution in [0, 0.1) is 11.8 Å². The van der Waals surface area contributed by atoms with Crippen LogP contribution in [0.3, 0.4) is 0 Å². The van der Waals surface area contributed by atoms with Gasteiger partial charge in [-0.2, -0.15) is 0 Å². The van der Waals surface area contributed by atoms with Crippen LogP contribution in [0.2, 0.25) is 10.0 Å². The smallest absolute Gasteiger partial charge is 0.335 e. The van der Waals surface area contributed by atoms with Gasteiger partial charge in [0.15, 0.2) is 0 Å². The molecule has 0 spiro atoms. The molecule has 4 N–H and O–H groups in total. The van der Waals surface area contributed by atoms with Crippen LogP contribution in [-0.2, 0) is 24.4 Å². The highest BCUT2D eigenvalue weighted by Crippen LogP contribution is 2.33. The van der Waals surface area contributed by atoms with Crippen molar-refractivity contribution in [2.24, 2.45) is 17.6 Å². The number of hydrogen-bond acceptors (Lipinski definition) is 5. The van der Waals surface area contributed by atoms with Gasteiger partial charge >= 0.3 is 5.97 Å². The monoisotopic (exact) mass is 676 g/mol. The highest BCUT2D eigenvalue weighted by Gasteiger charge is 2.29. The number of nitrogens with two attached hydrogens (primary N) is 1. The normalized spacial score (nSPS) is 16.9. The largest absolute Gasteiger partial charge is 0.489 e. The quantitative estimate of drug-likeness (QED) is 0.124. The van der Waals surface area contributed by atoms with Gasteiger partial charge in [-0.3, -0.25) is 4.79 Å². The number of carboxylic acid groups (broad SMARTS) is 1. The van der Waals surface area contributed by atoms with Gasteiger partial charge in [0.1, 0.15) is 18.2 Å². The number of carboxylic acids is 1. The summed E-state index contributed by atoms with van der Waals surface area (Å²) < 4.78 is 8.12. The molecule has 47 heavy (non-hydrogen) atoms. The minimum Gasteiger partial charge on any atom is -0.489 e. The molecule has 1 amide bonds. The number of halogens is 2. The number of aryl methyl sites for hydroxylation is 1. The molecule has 0 bridgehead atoms. The molecule has 1 saturated carbocycles. The van der Waals surface area contributed by atoms with Gasteiger partial charge in [-0.1, -0.05) is 60.8 Å². The van der Waals surface area contributed by atoms with Gasteiger partial charge in [0.05, 0.1) is 22.3 Å². The average Bonchev–Trinajstić information content (AvgIpc) is 3.50. The Morgan fingerprint density at radius 1 is 1.02 bits per heavy atom. The first-order chi connectivity index (χ1) is 22.7. The maximum atomic E-state index is 13.7. The second-order valence-corrected chi connectivity index (χ2v) is 13.2. The zero-order valence-electron chi connectivity index (χ0n) is 26.6. The van der Waals surface area contributed by atoms with E-state index in [1.165, 1.54) is 0 Å². The predicted molar refractivity (Wildman–Crippen MR) is 186 cm³/mol. The van der Waals surface area contributed by atoms with E-state index in [2.05, 4.69) is 16.8 Å². The van der Waals surface area contributed by atoms with Crippen molar-refractivity contribution in [1.82, 2.24) is 14.9 Å². The number of aromatic carboxylic acids is 1. The lowest BCUT2D eigenvalue weighted by molar-refractivity contribution is -0.127. The third-order valence-electron chi connectivity index (χ3n) is 8.92. The lowest BCUT2D eigenvalue weighted by Crippen LogP contribution is -2.38. The predicted octanol–water partition coefficient (Wildman–Crippen LogP) is 8.10. The number of rotatable bonds is 14. The van der Waals surface area contributed by atoms with E-state index in [1.54, 1.807) is 36.4 Å². The van der Waals surface area contributed by atoms with Crippen LogP contribution < -0.4 is 15.8 Å². The zero-order valence-corrected chi connectivity index (χ0v) is 28.1. The Labute approximate surface area is 286 Å². The molecule has 0 radical (unpaired) electrons. The van der Waals surface area contributed by atoms with Crippen LogP contribution in [0.4, 0.5) is 0 Å². The van der Waals surface area contributed by atoms with E-state index in [0.29, 0.717) is 41.3 Å². The summed E-state index contributed by atoms with van der Waals surface area (Å²) in [5.41, 5.74) is 9.57. The summed E-state index contributed by atoms with van der Waals surface area (Å²) >= 11 is 12.8. The number of nitrogens with zero attached hydrogens (tertiary/aromatic N) is 2. The van der Waals surface area contributed by atoms with Crippen LogP contribution in [0.5, 0.6) is 5.75 Å². The molecule has 1 heterocycles. The Kier molecular flexibility index (Phi) is 12.0. The Bertz CT molecular complexity index is 1650. The Hall–Kier alpha value is -3.85. The van der Waals surface area contributed by atoms with Crippen LogP contribution in [0.1, 0.15) is 78.8 Å². The number of aromatic nitrogens is 2. The highest BCUT2D eigenvalue weighted by atomic mass is 35.5. The van der Waals surface area contributed by atoms with Crippen molar-refractivity contribution in [3.05, 3.63) is 105 Å². The van der Waals surface area contributed by atoms with Crippen LogP contribution >= 0.6 is 23.2 Å². The second-order valence-electron chi connectivity index (χ2n) is 12.3. The fourth-order valence-electron chi connectivity index (χ4n) is 6.07. The van der Waals surface area contributed by atoms with Crippen molar-refractivity contribution in [3.63, 3.8) is 0 Å². The summed E-state index contributed by atoms with van der Waals surface area (Å²) in [5.74, 6) is 1.00. The molecule has 3 aromatic carbocycles. The first kappa shape index (κ1) is 34.5. The van der Waals surface area contributed by atoms with Gasteiger partial charge in [0.2, 0.25) is 5.91 Å². The number of hydrogen-bond donors (Lipinski definition) is 3. The van der Waals surface area contributed by atoms with Crippen molar-refractivity contribution in [2.75, 3.05) is 6.54 Å². The Balaban J connectivity index is 1.38. The molecule has 1 aliphatic carbocycles. The van der Waals surface area contributed by atoms with Crippen molar-refractivity contribution >= 4 is 35.1 Å². The minimum absolute atomic E-state index is 0.0510. The Morgan fingerprint density at radius 2 is 1.72 bits per heavy atom. The van der Waals surface area contributed by atoms with E-state index >= 15 is 0 Å². The third-order valence-corrected chi connectivity index (χ3v) is 9.46.